The largest absolute Gasteiger partial charge is 0.504 e. The van der Waals surface area contributed by atoms with E-state index in [-0.39, 0.29) is 36.5 Å². The molecule has 0 spiro atoms. The number of phenols is 2. The van der Waals surface area contributed by atoms with Gasteiger partial charge in [0, 0.05) is 12.0 Å². The van der Waals surface area contributed by atoms with E-state index in [9.17, 15) is 19.8 Å². The minimum Gasteiger partial charge on any atom is -0.504 e. The highest BCUT2D eigenvalue weighted by atomic mass is 16.6. The summed E-state index contributed by atoms with van der Waals surface area (Å²) in [5, 5.41) is 28.0. The Morgan fingerprint density at radius 2 is 1.95 bits per heavy atom. The van der Waals surface area contributed by atoms with Gasteiger partial charge in [0.1, 0.15) is 0 Å². The molecule has 0 amide bonds. The van der Waals surface area contributed by atoms with Gasteiger partial charge in [0.25, 0.3) is 0 Å². The van der Waals surface area contributed by atoms with Gasteiger partial charge < -0.3 is 24.8 Å². The van der Waals surface area contributed by atoms with Crippen molar-refractivity contribution < 1.29 is 34.4 Å². The predicted molar refractivity (Wildman–Crippen MR) is 76.0 cm³/mol. The van der Waals surface area contributed by atoms with Crippen molar-refractivity contribution in [3.05, 3.63) is 35.9 Å². The molecular weight excluding hydrogens is 292 g/mol. The second-order valence-corrected chi connectivity index (χ2v) is 4.65. The lowest BCUT2D eigenvalue weighted by molar-refractivity contribution is -0.170. The summed E-state index contributed by atoms with van der Waals surface area (Å²) in [5.74, 6) is -1.95. The quantitative estimate of drug-likeness (QED) is 0.298. The molecule has 1 aromatic rings. The summed E-state index contributed by atoms with van der Waals surface area (Å²) in [5.41, 5.74) is 0.653. The van der Waals surface area contributed by atoms with Crippen LogP contribution >= 0.6 is 0 Å². The monoisotopic (exact) mass is 310 g/mol. The number of rotatable bonds is 7. The number of carbonyl (C=O) groups excluding carboxylic acids is 2. The number of carbonyl (C=O) groups is 2. The van der Waals surface area contributed by atoms with Crippen LogP contribution < -0.4 is 0 Å². The van der Waals surface area contributed by atoms with Gasteiger partial charge in [0.2, 0.25) is 6.29 Å². The van der Waals surface area contributed by atoms with Gasteiger partial charge >= 0.3 is 11.9 Å². The number of ether oxygens (including phenoxy) is 2. The number of benzene rings is 1. The number of aliphatic hydroxyl groups excluding tert-OH is 1. The maximum Gasteiger partial charge on any atom is 0.333 e. The van der Waals surface area contributed by atoms with Crippen LogP contribution in [0.25, 0.3) is 0 Å². The summed E-state index contributed by atoms with van der Waals surface area (Å²) in [6, 6.07) is 3.90. The van der Waals surface area contributed by atoms with Crippen molar-refractivity contribution in [2.45, 2.75) is 26.1 Å². The Labute approximate surface area is 127 Å². The zero-order chi connectivity index (χ0) is 16.7. The van der Waals surface area contributed by atoms with Crippen molar-refractivity contribution in [3.8, 4) is 11.5 Å². The summed E-state index contributed by atoms with van der Waals surface area (Å²) in [6.45, 7) is 4.78. The predicted octanol–water partition coefficient (Wildman–Crippen LogP) is 1.01. The highest BCUT2D eigenvalue weighted by Gasteiger charge is 2.14. The van der Waals surface area contributed by atoms with Crippen molar-refractivity contribution in [2.24, 2.45) is 0 Å². The summed E-state index contributed by atoms with van der Waals surface area (Å²) in [6.07, 6.45) is -1.65. The molecule has 0 radical (unpaired) electrons. The minimum atomic E-state index is -1.41. The van der Waals surface area contributed by atoms with E-state index < -0.39 is 18.2 Å². The third-order valence-corrected chi connectivity index (χ3v) is 2.60. The normalized spacial score (nSPS) is 11.5. The molecule has 7 nitrogen and oxygen atoms in total. The van der Waals surface area contributed by atoms with Gasteiger partial charge in [-0.2, -0.15) is 0 Å². The zero-order valence-electron chi connectivity index (χ0n) is 12.1. The van der Waals surface area contributed by atoms with Crippen molar-refractivity contribution in [1.29, 1.82) is 0 Å². The van der Waals surface area contributed by atoms with Gasteiger partial charge in [-0.25, -0.2) is 4.79 Å². The maximum atomic E-state index is 11.6. The van der Waals surface area contributed by atoms with Gasteiger partial charge in [0.15, 0.2) is 11.5 Å². The first-order valence-corrected chi connectivity index (χ1v) is 6.50. The molecule has 0 saturated heterocycles. The lowest BCUT2D eigenvalue weighted by Crippen LogP contribution is -2.21. The van der Waals surface area contributed by atoms with Crippen molar-refractivity contribution in [2.75, 3.05) is 6.61 Å². The summed E-state index contributed by atoms with van der Waals surface area (Å²) in [7, 11) is 0. The van der Waals surface area contributed by atoms with E-state index in [2.05, 4.69) is 6.58 Å². The topological polar surface area (TPSA) is 113 Å². The Bertz CT molecular complexity index is 565. The van der Waals surface area contributed by atoms with Crippen LogP contribution in [0.1, 0.15) is 18.9 Å². The first-order chi connectivity index (χ1) is 10.3. The van der Waals surface area contributed by atoms with Crippen LogP contribution in [0.4, 0.5) is 0 Å². The highest BCUT2D eigenvalue weighted by Crippen LogP contribution is 2.25. The number of phenolic OH excluding ortho intramolecular Hbond substituents is 2. The summed E-state index contributed by atoms with van der Waals surface area (Å²) < 4.78 is 9.48. The number of hydrogen-bond acceptors (Lipinski definition) is 7. The number of aliphatic hydroxyl groups is 1. The Morgan fingerprint density at radius 1 is 1.27 bits per heavy atom. The lowest BCUT2D eigenvalue weighted by atomic mass is 10.1. The fraction of sp³-hybridized carbons (Fsp3) is 0.333. The average molecular weight is 310 g/mol. The third kappa shape index (κ3) is 5.84. The Balaban J connectivity index is 2.36. The molecular formula is C15H18O7. The van der Waals surface area contributed by atoms with E-state index in [1.54, 1.807) is 0 Å². The smallest absolute Gasteiger partial charge is 0.333 e. The molecule has 1 aromatic carbocycles. The van der Waals surface area contributed by atoms with Crippen molar-refractivity contribution >= 4 is 11.9 Å². The summed E-state index contributed by atoms with van der Waals surface area (Å²) >= 11 is 0. The Kier molecular flexibility index (Phi) is 6.40. The molecule has 0 aromatic heterocycles. The van der Waals surface area contributed by atoms with Crippen molar-refractivity contribution in [3.63, 3.8) is 0 Å². The second kappa shape index (κ2) is 8.04. The van der Waals surface area contributed by atoms with Crippen LogP contribution in [0.2, 0.25) is 0 Å². The van der Waals surface area contributed by atoms with Gasteiger partial charge in [-0.15, -0.1) is 0 Å². The number of esters is 2. The fourth-order valence-electron chi connectivity index (χ4n) is 1.47. The van der Waals surface area contributed by atoms with E-state index in [1.165, 1.54) is 25.1 Å². The van der Waals surface area contributed by atoms with Gasteiger partial charge in [0.05, 0.1) is 13.0 Å². The molecule has 0 saturated carbocycles. The first kappa shape index (κ1) is 17.5. The SMILES string of the molecule is C=C(C)C(=O)OCCC(O)OC(=O)Cc1ccc(O)c(O)c1. The van der Waals surface area contributed by atoms with Gasteiger partial charge in [-0.1, -0.05) is 12.6 Å². The molecule has 120 valence electrons. The summed E-state index contributed by atoms with van der Waals surface area (Å²) in [4.78, 5) is 22.7. The van der Waals surface area contributed by atoms with Crippen LogP contribution in [-0.4, -0.2) is 40.2 Å². The second-order valence-electron chi connectivity index (χ2n) is 4.65. The zero-order valence-corrected chi connectivity index (χ0v) is 12.1. The molecule has 0 aliphatic heterocycles. The molecule has 22 heavy (non-hydrogen) atoms. The molecule has 0 fully saturated rings. The van der Waals surface area contributed by atoms with Crippen molar-refractivity contribution in [1.82, 2.24) is 0 Å². The van der Waals surface area contributed by atoms with E-state index in [0.29, 0.717) is 5.56 Å². The van der Waals surface area contributed by atoms with Crippen LogP contribution in [0.3, 0.4) is 0 Å². The Hall–Kier alpha value is -2.54. The number of aromatic hydroxyl groups is 2. The van der Waals surface area contributed by atoms with E-state index in [4.69, 9.17) is 14.6 Å². The highest BCUT2D eigenvalue weighted by molar-refractivity contribution is 5.86. The van der Waals surface area contributed by atoms with Gasteiger partial charge in [-0.3, -0.25) is 4.79 Å². The lowest BCUT2D eigenvalue weighted by Gasteiger charge is -2.12. The van der Waals surface area contributed by atoms with Crippen LogP contribution in [0.15, 0.2) is 30.4 Å². The van der Waals surface area contributed by atoms with Crippen LogP contribution in [0.5, 0.6) is 11.5 Å². The molecule has 0 heterocycles. The molecule has 1 unspecified atom stereocenters. The standard InChI is InChI=1S/C15H18O7/c1-9(2)15(20)21-6-5-13(18)22-14(19)8-10-3-4-11(16)12(17)7-10/h3-4,7,13,16-18H,1,5-6,8H2,2H3. The molecule has 1 atom stereocenters. The molecule has 3 N–H and O–H groups in total. The molecule has 0 aliphatic rings. The van der Waals surface area contributed by atoms with E-state index in [1.807, 2.05) is 0 Å². The molecule has 0 aliphatic carbocycles. The minimum absolute atomic E-state index is 0.0639. The van der Waals surface area contributed by atoms with Gasteiger partial charge in [-0.05, 0) is 24.6 Å². The molecule has 0 bridgehead atoms. The molecule has 7 heteroatoms. The van der Waals surface area contributed by atoms with E-state index >= 15 is 0 Å². The first-order valence-electron chi connectivity index (χ1n) is 6.50. The fourth-order valence-corrected chi connectivity index (χ4v) is 1.47. The maximum absolute atomic E-state index is 11.6. The van der Waals surface area contributed by atoms with Crippen LogP contribution in [-0.2, 0) is 25.5 Å². The van der Waals surface area contributed by atoms with Crippen LogP contribution in [0, 0.1) is 0 Å². The van der Waals surface area contributed by atoms with E-state index in [0.717, 1.165) is 0 Å². The Morgan fingerprint density at radius 3 is 2.55 bits per heavy atom. The molecule has 1 rings (SSSR count). The third-order valence-electron chi connectivity index (χ3n) is 2.60. The number of hydrogen-bond donors (Lipinski definition) is 3. The average Bonchev–Trinajstić information content (AvgIpc) is 2.42.